The molecule has 0 spiro atoms. The van der Waals surface area contributed by atoms with Gasteiger partial charge in [-0.05, 0) is 18.2 Å². The fraction of sp³-hybridized carbons (Fsp3) is 0.235. The number of nitrogens with one attached hydrogen (secondary N) is 1. The van der Waals surface area contributed by atoms with E-state index in [1.165, 1.54) is 18.2 Å². The highest BCUT2D eigenvalue weighted by atomic mass is 35.5. The number of nitrogens with zero attached hydrogens (tertiary/aromatic N) is 2. The lowest BCUT2D eigenvalue weighted by Crippen LogP contribution is -2.36. The van der Waals surface area contributed by atoms with E-state index >= 15 is 0 Å². The van der Waals surface area contributed by atoms with Crippen molar-refractivity contribution < 1.29 is 14.5 Å². The lowest BCUT2D eigenvalue weighted by atomic mass is 10.1. The van der Waals surface area contributed by atoms with Crippen LogP contribution in [-0.4, -0.2) is 37.1 Å². The number of carbonyl (C=O) groups excluding carboxylic acids is 1. The number of ether oxygens (including phenoxy) is 1. The van der Waals surface area contributed by atoms with E-state index < -0.39 is 10.8 Å². The molecule has 1 N–H and O–H groups in total. The third-order valence-electron chi connectivity index (χ3n) is 3.91. The Kier molecular flexibility index (Phi) is 5.16. The van der Waals surface area contributed by atoms with Crippen molar-refractivity contribution in [2.45, 2.75) is 0 Å². The first-order valence-corrected chi connectivity index (χ1v) is 8.11. The minimum absolute atomic E-state index is 0.0626. The van der Waals surface area contributed by atoms with E-state index in [9.17, 15) is 14.9 Å². The number of rotatable bonds is 4. The van der Waals surface area contributed by atoms with Gasteiger partial charge in [0.1, 0.15) is 0 Å². The van der Waals surface area contributed by atoms with E-state index in [2.05, 4.69) is 10.2 Å². The van der Waals surface area contributed by atoms with Gasteiger partial charge in [-0.3, -0.25) is 14.9 Å². The lowest BCUT2D eigenvalue weighted by molar-refractivity contribution is -0.384. The molecule has 130 valence electrons. The maximum Gasteiger partial charge on any atom is 0.270 e. The van der Waals surface area contributed by atoms with Gasteiger partial charge >= 0.3 is 0 Å². The van der Waals surface area contributed by atoms with Crippen LogP contribution in [0.1, 0.15) is 10.4 Å². The zero-order valence-electron chi connectivity index (χ0n) is 13.3. The number of anilines is 2. The molecule has 0 radical (unpaired) electrons. The molecule has 2 aromatic rings. The Morgan fingerprint density at radius 2 is 1.92 bits per heavy atom. The van der Waals surface area contributed by atoms with Crippen LogP contribution in [0.15, 0.2) is 42.5 Å². The zero-order valence-corrected chi connectivity index (χ0v) is 14.0. The molecular weight excluding hydrogens is 346 g/mol. The van der Waals surface area contributed by atoms with Crippen molar-refractivity contribution in [3.8, 4) is 0 Å². The highest BCUT2D eigenvalue weighted by Crippen LogP contribution is 2.28. The van der Waals surface area contributed by atoms with E-state index in [1.54, 1.807) is 6.07 Å². The third kappa shape index (κ3) is 3.89. The summed E-state index contributed by atoms with van der Waals surface area (Å²) in [6.45, 7) is 2.70. The van der Waals surface area contributed by atoms with E-state index in [-0.39, 0.29) is 16.3 Å². The number of morpholine rings is 1. The van der Waals surface area contributed by atoms with Crippen molar-refractivity contribution in [1.82, 2.24) is 0 Å². The smallest absolute Gasteiger partial charge is 0.270 e. The van der Waals surface area contributed by atoms with E-state index in [0.29, 0.717) is 18.9 Å². The normalized spacial score (nSPS) is 14.2. The Balaban J connectivity index is 1.86. The summed E-state index contributed by atoms with van der Waals surface area (Å²) in [5.74, 6) is -0.491. The molecule has 1 amide bonds. The van der Waals surface area contributed by atoms with Crippen LogP contribution < -0.4 is 10.2 Å². The Morgan fingerprint density at radius 1 is 1.20 bits per heavy atom. The number of halogens is 1. The predicted molar refractivity (Wildman–Crippen MR) is 95.5 cm³/mol. The maximum absolute atomic E-state index is 12.6. The highest BCUT2D eigenvalue weighted by Gasteiger charge is 2.19. The second-order valence-corrected chi connectivity index (χ2v) is 5.90. The van der Waals surface area contributed by atoms with Gasteiger partial charge in [0, 0.05) is 25.2 Å². The van der Waals surface area contributed by atoms with Gasteiger partial charge in [-0.2, -0.15) is 0 Å². The average Bonchev–Trinajstić information content (AvgIpc) is 2.63. The van der Waals surface area contributed by atoms with Gasteiger partial charge in [-0.15, -0.1) is 0 Å². The second kappa shape index (κ2) is 7.50. The molecule has 2 aromatic carbocycles. The Hall–Kier alpha value is -2.64. The molecule has 0 aromatic heterocycles. The van der Waals surface area contributed by atoms with E-state index in [0.717, 1.165) is 18.8 Å². The van der Waals surface area contributed by atoms with Crippen molar-refractivity contribution in [3.63, 3.8) is 0 Å². The number of non-ortho nitro benzene ring substituents is 1. The van der Waals surface area contributed by atoms with Crippen molar-refractivity contribution in [3.05, 3.63) is 63.2 Å². The number of amides is 1. The molecule has 25 heavy (non-hydrogen) atoms. The zero-order chi connectivity index (χ0) is 17.8. The monoisotopic (exact) mass is 361 g/mol. The summed E-state index contributed by atoms with van der Waals surface area (Å²) in [6.07, 6.45) is 0. The van der Waals surface area contributed by atoms with Crippen molar-refractivity contribution >= 4 is 34.6 Å². The summed E-state index contributed by atoms with van der Waals surface area (Å²) < 4.78 is 5.35. The topological polar surface area (TPSA) is 84.7 Å². The van der Waals surface area contributed by atoms with Gasteiger partial charge in [0.2, 0.25) is 0 Å². The first kappa shape index (κ1) is 17.2. The molecule has 1 aliphatic heterocycles. The predicted octanol–water partition coefficient (Wildman–Crippen LogP) is 3.34. The van der Waals surface area contributed by atoms with Crippen LogP contribution in [-0.2, 0) is 4.74 Å². The van der Waals surface area contributed by atoms with Crippen LogP contribution in [0.3, 0.4) is 0 Å². The maximum atomic E-state index is 12.6. The van der Waals surface area contributed by atoms with Gasteiger partial charge in [-0.1, -0.05) is 23.7 Å². The van der Waals surface area contributed by atoms with Gasteiger partial charge in [0.25, 0.3) is 11.6 Å². The minimum Gasteiger partial charge on any atom is -0.378 e. The minimum atomic E-state index is -0.561. The Bertz CT molecular complexity index is 806. The number of benzene rings is 2. The summed E-state index contributed by atoms with van der Waals surface area (Å²) >= 11 is 6.04. The number of hydrogen-bond donors (Lipinski definition) is 1. The van der Waals surface area contributed by atoms with Crippen LogP contribution >= 0.6 is 11.6 Å². The Morgan fingerprint density at radius 3 is 2.64 bits per heavy atom. The summed E-state index contributed by atoms with van der Waals surface area (Å²) in [5, 5.41) is 13.9. The van der Waals surface area contributed by atoms with Gasteiger partial charge < -0.3 is 15.0 Å². The van der Waals surface area contributed by atoms with Crippen molar-refractivity contribution in [2.24, 2.45) is 0 Å². The number of carbonyl (C=O) groups is 1. The molecular formula is C17H16ClN3O4. The molecule has 8 heteroatoms. The molecule has 0 bridgehead atoms. The van der Waals surface area contributed by atoms with Crippen molar-refractivity contribution in [2.75, 3.05) is 36.5 Å². The molecule has 0 saturated carbocycles. The SMILES string of the molecule is O=C(Nc1ccccc1N1CCOCC1)c1cc([N+](=O)[O-])ccc1Cl. The molecule has 1 saturated heterocycles. The number of para-hydroxylation sites is 2. The standard InChI is InChI=1S/C17H16ClN3O4/c18-14-6-5-12(21(23)24)11-13(14)17(22)19-15-3-1-2-4-16(15)20-7-9-25-10-8-20/h1-6,11H,7-10H2,(H,19,22). The van der Waals surface area contributed by atoms with E-state index in [4.69, 9.17) is 16.3 Å². The largest absolute Gasteiger partial charge is 0.378 e. The third-order valence-corrected chi connectivity index (χ3v) is 4.24. The highest BCUT2D eigenvalue weighted by molar-refractivity contribution is 6.34. The molecule has 7 nitrogen and oxygen atoms in total. The molecule has 3 rings (SSSR count). The van der Waals surface area contributed by atoms with Gasteiger partial charge in [-0.25, -0.2) is 0 Å². The summed E-state index contributed by atoms with van der Waals surface area (Å²) in [6, 6.07) is 11.2. The molecule has 0 unspecified atom stereocenters. The van der Waals surface area contributed by atoms with Crippen LogP contribution in [0.25, 0.3) is 0 Å². The van der Waals surface area contributed by atoms with Crippen LogP contribution in [0.2, 0.25) is 5.02 Å². The lowest BCUT2D eigenvalue weighted by Gasteiger charge is -2.30. The first-order chi connectivity index (χ1) is 12.1. The average molecular weight is 362 g/mol. The molecule has 1 heterocycles. The van der Waals surface area contributed by atoms with Crippen LogP contribution in [0.5, 0.6) is 0 Å². The fourth-order valence-electron chi connectivity index (χ4n) is 2.65. The fourth-order valence-corrected chi connectivity index (χ4v) is 2.85. The van der Waals surface area contributed by atoms with Crippen molar-refractivity contribution in [1.29, 1.82) is 0 Å². The van der Waals surface area contributed by atoms with E-state index in [1.807, 2.05) is 18.2 Å². The quantitative estimate of drug-likeness (QED) is 0.667. The summed E-state index contributed by atoms with van der Waals surface area (Å²) in [7, 11) is 0. The van der Waals surface area contributed by atoms with Gasteiger partial charge in [0.05, 0.1) is 40.1 Å². The van der Waals surface area contributed by atoms with Crippen LogP contribution in [0, 0.1) is 10.1 Å². The summed E-state index contributed by atoms with van der Waals surface area (Å²) in [5.41, 5.74) is 1.38. The molecule has 0 aliphatic carbocycles. The number of hydrogen-bond acceptors (Lipinski definition) is 5. The second-order valence-electron chi connectivity index (χ2n) is 5.49. The first-order valence-electron chi connectivity index (χ1n) is 7.73. The van der Waals surface area contributed by atoms with Crippen LogP contribution in [0.4, 0.5) is 17.1 Å². The molecule has 0 atom stereocenters. The molecule has 1 aliphatic rings. The Labute approximate surface area is 149 Å². The molecule has 1 fully saturated rings. The number of nitro groups is 1. The number of nitro benzene ring substituents is 1. The summed E-state index contributed by atoms with van der Waals surface area (Å²) in [4.78, 5) is 25.1. The van der Waals surface area contributed by atoms with Gasteiger partial charge in [0.15, 0.2) is 0 Å².